The topological polar surface area (TPSA) is 38.3 Å². The van der Waals surface area contributed by atoms with Gasteiger partial charge in [0.15, 0.2) is 0 Å². The van der Waals surface area contributed by atoms with Crippen molar-refractivity contribution in [1.82, 2.24) is 5.32 Å². The lowest BCUT2D eigenvalue weighted by Gasteiger charge is -2.03. The summed E-state index contributed by atoms with van der Waals surface area (Å²) < 4.78 is 5.00. The molecule has 1 N–H and O–H groups in total. The van der Waals surface area contributed by atoms with Crippen molar-refractivity contribution >= 4 is 5.91 Å². The Kier molecular flexibility index (Phi) is 5.37. The number of carbonyl (C=O) groups excluding carboxylic acids is 1. The van der Waals surface area contributed by atoms with E-state index in [0.29, 0.717) is 17.9 Å². The second-order valence-electron chi connectivity index (χ2n) is 2.59. The lowest BCUT2D eigenvalue weighted by molar-refractivity contribution is 0.0955. The van der Waals surface area contributed by atoms with Crippen LogP contribution in [0.15, 0.2) is 24.3 Å². The monoisotopic (exact) mass is 195 g/mol. The summed E-state index contributed by atoms with van der Waals surface area (Å²) in [7, 11) is 1.58. The van der Waals surface area contributed by atoms with Gasteiger partial charge in [-0.25, -0.2) is 0 Å². The van der Waals surface area contributed by atoms with Crippen molar-refractivity contribution in [2.24, 2.45) is 0 Å². The Labute approximate surface area is 85.1 Å². The van der Waals surface area contributed by atoms with E-state index >= 15 is 0 Å². The number of benzene rings is 1. The van der Waals surface area contributed by atoms with Crippen LogP contribution < -0.4 is 10.1 Å². The van der Waals surface area contributed by atoms with Crippen LogP contribution in [-0.4, -0.2) is 19.6 Å². The molecule has 0 aliphatic heterocycles. The van der Waals surface area contributed by atoms with Gasteiger partial charge in [-0.15, -0.1) is 0 Å². The van der Waals surface area contributed by atoms with Crippen LogP contribution in [0.5, 0.6) is 5.75 Å². The first-order chi connectivity index (χ1) is 6.27. The zero-order valence-electron chi connectivity index (χ0n) is 7.83. The molecular formula is C11H17NO2. The molecule has 1 aromatic carbocycles. The van der Waals surface area contributed by atoms with E-state index in [1.807, 2.05) is 13.0 Å². The molecule has 3 nitrogen and oxygen atoms in total. The summed E-state index contributed by atoms with van der Waals surface area (Å²) >= 11 is 0. The van der Waals surface area contributed by atoms with Crippen molar-refractivity contribution in [3.63, 3.8) is 0 Å². The van der Waals surface area contributed by atoms with E-state index in [4.69, 9.17) is 4.74 Å². The highest BCUT2D eigenvalue weighted by Crippen LogP contribution is 2.11. The number of carbonyl (C=O) groups is 1. The van der Waals surface area contributed by atoms with Gasteiger partial charge in [-0.2, -0.15) is 0 Å². The van der Waals surface area contributed by atoms with Crippen LogP contribution in [0.2, 0.25) is 0 Å². The quantitative estimate of drug-likeness (QED) is 0.802. The maximum absolute atomic E-state index is 11.3. The van der Waals surface area contributed by atoms with Crippen LogP contribution in [0.3, 0.4) is 0 Å². The third kappa shape index (κ3) is 3.09. The molecule has 0 atom stereocenters. The predicted octanol–water partition coefficient (Wildman–Crippen LogP) is 2.08. The van der Waals surface area contributed by atoms with Crippen LogP contribution in [0, 0.1) is 0 Å². The third-order valence-corrected chi connectivity index (χ3v) is 1.67. The lowest BCUT2D eigenvalue weighted by Crippen LogP contribution is -2.22. The first-order valence-electron chi connectivity index (χ1n) is 4.20. The summed E-state index contributed by atoms with van der Waals surface area (Å²) in [6.45, 7) is 2.52. The minimum atomic E-state index is -0.0681. The normalized spacial score (nSPS) is 8.71. The molecule has 0 bridgehead atoms. The minimum absolute atomic E-state index is 0. The molecule has 0 saturated heterocycles. The number of methoxy groups -OCH3 is 1. The molecule has 0 radical (unpaired) electrons. The molecule has 0 aromatic heterocycles. The van der Waals surface area contributed by atoms with Crippen LogP contribution in [0.25, 0.3) is 0 Å². The number of hydrogen-bond donors (Lipinski definition) is 1. The van der Waals surface area contributed by atoms with E-state index in [-0.39, 0.29) is 13.3 Å². The standard InChI is InChI=1S/C10H13NO2.CH4/c1-3-11-10(12)8-5-4-6-9(7-8)13-2;/h4-7H,3H2,1-2H3,(H,11,12);1H4. The van der Waals surface area contributed by atoms with Crippen molar-refractivity contribution in [3.05, 3.63) is 29.8 Å². The van der Waals surface area contributed by atoms with Gasteiger partial charge in [0.2, 0.25) is 0 Å². The van der Waals surface area contributed by atoms with E-state index in [9.17, 15) is 4.79 Å². The van der Waals surface area contributed by atoms with Gasteiger partial charge in [0.25, 0.3) is 5.91 Å². The Morgan fingerprint density at radius 1 is 1.50 bits per heavy atom. The van der Waals surface area contributed by atoms with Gasteiger partial charge in [-0.3, -0.25) is 4.79 Å². The van der Waals surface area contributed by atoms with E-state index in [1.165, 1.54) is 0 Å². The average Bonchev–Trinajstić information content (AvgIpc) is 2.18. The Hall–Kier alpha value is -1.51. The second kappa shape index (κ2) is 6.02. The number of amides is 1. The first-order valence-corrected chi connectivity index (χ1v) is 4.20. The van der Waals surface area contributed by atoms with Gasteiger partial charge in [-0.1, -0.05) is 13.5 Å². The van der Waals surface area contributed by atoms with Gasteiger partial charge >= 0.3 is 0 Å². The van der Waals surface area contributed by atoms with E-state index in [1.54, 1.807) is 25.3 Å². The van der Waals surface area contributed by atoms with Gasteiger partial charge < -0.3 is 10.1 Å². The molecule has 0 unspecified atom stereocenters. The Morgan fingerprint density at radius 3 is 2.79 bits per heavy atom. The molecule has 0 aliphatic rings. The molecule has 14 heavy (non-hydrogen) atoms. The average molecular weight is 195 g/mol. The largest absolute Gasteiger partial charge is 0.497 e. The molecule has 0 aliphatic carbocycles. The first kappa shape index (κ1) is 12.5. The Morgan fingerprint density at radius 2 is 2.21 bits per heavy atom. The summed E-state index contributed by atoms with van der Waals surface area (Å²) in [6.07, 6.45) is 0. The van der Waals surface area contributed by atoms with Crippen LogP contribution in [-0.2, 0) is 0 Å². The molecule has 1 aromatic rings. The fourth-order valence-corrected chi connectivity index (χ4v) is 1.03. The molecule has 3 heteroatoms. The fourth-order valence-electron chi connectivity index (χ4n) is 1.03. The molecule has 0 fully saturated rings. The highest BCUT2D eigenvalue weighted by molar-refractivity contribution is 5.94. The summed E-state index contributed by atoms with van der Waals surface area (Å²) in [5, 5.41) is 2.72. The third-order valence-electron chi connectivity index (χ3n) is 1.67. The Bertz CT molecular complexity index is 297. The van der Waals surface area contributed by atoms with Gasteiger partial charge in [0.1, 0.15) is 5.75 Å². The summed E-state index contributed by atoms with van der Waals surface area (Å²) in [5.74, 6) is 0.630. The fraction of sp³-hybridized carbons (Fsp3) is 0.364. The van der Waals surface area contributed by atoms with Crippen molar-refractivity contribution in [1.29, 1.82) is 0 Å². The zero-order valence-corrected chi connectivity index (χ0v) is 7.83. The van der Waals surface area contributed by atoms with Crippen molar-refractivity contribution in [2.75, 3.05) is 13.7 Å². The summed E-state index contributed by atoms with van der Waals surface area (Å²) in [4.78, 5) is 11.3. The van der Waals surface area contributed by atoms with Gasteiger partial charge in [0.05, 0.1) is 7.11 Å². The van der Waals surface area contributed by atoms with Crippen molar-refractivity contribution in [2.45, 2.75) is 14.4 Å². The molecule has 0 spiro atoms. The number of nitrogens with one attached hydrogen (secondary N) is 1. The maximum atomic E-state index is 11.3. The van der Waals surface area contributed by atoms with Crippen molar-refractivity contribution < 1.29 is 9.53 Å². The smallest absolute Gasteiger partial charge is 0.251 e. The SMILES string of the molecule is C.CCNC(=O)c1cccc(OC)c1. The van der Waals surface area contributed by atoms with E-state index in [0.717, 1.165) is 0 Å². The van der Waals surface area contributed by atoms with Gasteiger partial charge in [0, 0.05) is 12.1 Å². The summed E-state index contributed by atoms with van der Waals surface area (Å²) in [6, 6.07) is 7.07. The lowest BCUT2D eigenvalue weighted by atomic mass is 10.2. The molecule has 0 saturated carbocycles. The predicted molar refractivity (Wildman–Crippen MR) is 57.7 cm³/mol. The molecule has 1 rings (SSSR count). The van der Waals surface area contributed by atoms with Crippen LogP contribution in [0.1, 0.15) is 24.7 Å². The van der Waals surface area contributed by atoms with E-state index < -0.39 is 0 Å². The zero-order chi connectivity index (χ0) is 9.68. The second-order valence-corrected chi connectivity index (χ2v) is 2.59. The molecular weight excluding hydrogens is 178 g/mol. The molecule has 1 amide bonds. The summed E-state index contributed by atoms with van der Waals surface area (Å²) in [5.41, 5.74) is 0.626. The number of hydrogen-bond acceptors (Lipinski definition) is 2. The molecule has 0 heterocycles. The number of ether oxygens (including phenoxy) is 1. The van der Waals surface area contributed by atoms with E-state index in [2.05, 4.69) is 5.32 Å². The highest BCUT2D eigenvalue weighted by Gasteiger charge is 2.03. The maximum Gasteiger partial charge on any atom is 0.251 e. The Balaban J connectivity index is 0.00000169. The minimum Gasteiger partial charge on any atom is -0.497 e. The number of rotatable bonds is 3. The van der Waals surface area contributed by atoms with Crippen LogP contribution in [0.4, 0.5) is 0 Å². The van der Waals surface area contributed by atoms with Gasteiger partial charge in [-0.05, 0) is 25.1 Å². The molecule has 78 valence electrons. The van der Waals surface area contributed by atoms with Crippen LogP contribution >= 0.6 is 0 Å². The highest BCUT2D eigenvalue weighted by atomic mass is 16.5. The van der Waals surface area contributed by atoms with Crippen molar-refractivity contribution in [3.8, 4) is 5.75 Å².